The minimum atomic E-state index is -5.30. The van der Waals surface area contributed by atoms with Crippen LogP contribution in [0.3, 0.4) is 0 Å². The number of hydrogen-bond acceptors (Lipinski definition) is 2. The zero-order chi connectivity index (χ0) is 21.2. The van der Waals surface area contributed by atoms with Crippen LogP contribution in [0.1, 0.15) is 26.7 Å². The van der Waals surface area contributed by atoms with E-state index in [9.17, 15) is 48.3 Å². The Hall–Kier alpha value is -0.550. The summed E-state index contributed by atoms with van der Waals surface area (Å²) in [5.74, 6) is -5.30. The summed E-state index contributed by atoms with van der Waals surface area (Å²) in [7, 11) is 0. The molecule has 0 bridgehead atoms. The molecule has 14 heteroatoms. The molecule has 0 aliphatic rings. The van der Waals surface area contributed by atoms with E-state index in [4.69, 9.17) is 0 Å². The second-order valence-electron chi connectivity index (χ2n) is 5.65. The first-order chi connectivity index (χ1) is 11.1. The van der Waals surface area contributed by atoms with E-state index in [2.05, 4.69) is 15.8 Å². The fourth-order valence-corrected chi connectivity index (χ4v) is 3.79. The highest BCUT2D eigenvalue weighted by atomic mass is 31.2. The summed E-state index contributed by atoms with van der Waals surface area (Å²) in [5, 5.41) is 0. The second kappa shape index (κ2) is 7.83. The molecule has 158 valence electrons. The van der Waals surface area contributed by atoms with Gasteiger partial charge in [0.2, 0.25) is 0 Å². The van der Waals surface area contributed by atoms with Gasteiger partial charge in [-0.25, -0.2) is 0 Å². The number of hydrogen-bond donors (Lipinski definition) is 0. The van der Waals surface area contributed by atoms with E-state index in [1.165, 1.54) is 0 Å². The lowest BCUT2D eigenvalue weighted by atomic mass is 10.4. The van der Waals surface area contributed by atoms with Crippen molar-refractivity contribution in [2.24, 2.45) is 0 Å². The van der Waals surface area contributed by atoms with E-state index in [1.54, 1.807) is 0 Å². The largest absolute Gasteiger partial charge is 0.404 e. The van der Waals surface area contributed by atoms with Gasteiger partial charge in [-0.1, -0.05) is 6.30 Å². The van der Waals surface area contributed by atoms with Gasteiger partial charge in [0.05, 0.1) is 0 Å². The Morgan fingerprint density at radius 2 is 0.923 bits per heavy atom. The van der Waals surface area contributed by atoms with Gasteiger partial charge in [-0.05, 0) is 19.2 Å². The van der Waals surface area contributed by atoms with Crippen molar-refractivity contribution in [1.82, 2.24) is 0 Å². The lowest BCUT2D eigenvalue weighted by Crippen LogP contribution is -2.34. The Bertz CT molecular complexity index is 469. The molecule has 0 heterocycles. The maximum absolute atomic E-state index is 13.2. The van der Waals surface area contributed by atoms with Crippen LogP contribution >= 0.6 is 6.89 Å². The van der Waals surface area contributed by atoms with Crippen LogP contribution in [0.25, 0.3) is 0 Å². The Labute approximate surface area is 141 Å². The van der Waals surface area contributed by atoms with Gasteiger partial charge in [-0.15, -0.1) is 0 Å². The third-order valence-electron chi connectivity index (χ3n) is 2.86. The maximum Gasteiger partial charge on any atom is 0.404 e. The first-order valence-electron chi connectivity index (χ1n) is 6.77. The van der Waals surface area contributed by atoms with Gasteiger partial charge < -0.3 is 0 Å². The van der Waals surface area contributed by atoms with Crippen molar-refractivity contribution in [2.75, 3.05) is 12.3 Å². The predicted octanol–water partition coefficient (Wildman–Crippen LogP) is 6.18. The molecule has 26 heavy (non-hydrogen) atoms. The molecule has 0 atom stereocenters. The molecule has 0 saturated heterocycles. The molecule has 0 N–H and O–H groups in total. The fraction of sp³-hybridized carbons (Fsp3) is 0.917. The summed E-state index contributed by atoms with van der Waals surface area (Å²) < 4.78 is 148. The van der Waals surface area contributed by atoms with Crippen LogP contribution in [0.5, 0.6) is 0 Å². The van der Waals surface area contributed by atoms with Crippen molar-refractivity contribution >= 4 is 13.2 Å². The minimum Gasteiger partial charge on any atom is -0.255 e. The van der Waals surface area contributed by atoms with Crippen molar-refractivity contribution in [1.29, 1.82) is 0 Å². The van der Waals surface area contributed by atoms with Crippen molar-refractivity contribution in [3.05, 3.63) is 0 Å². The average molecular weight is 432 g/mol. The molecule has 0 amide bonds. The SMILES string of the molecule is C=P(CCC(F)(F)OC(C)(F)F)(CCC(F)(F)OC(C)(F)F)C(F)(F)F. The Morgan fingerprint density at radius 3 is 1.12 bits per heavy atom. The number of halogens is 11. The summed E-state index contributed by atoms with van der Waals surface area (Å²) in [4.78, 5) is 0. The van der Waals surface area contributed by atoms with Crippen molar-refractivity contribution in [3.8, 4) is 0 Å². The quantitative estimate of drug-likeness (QED) is 0.303. The van der Waals surface area contributed by atoms with Crippen LogP contribution in [-0.4, -0.2) is 49.0 Å². The highest BCUT2D eigenvalue weighted by Gasteiger charge is 2.50. The van der Waals surface area contributed by atoms with E-state index < -0.39 is 62.4 Å². The summed E-state index contributed by atoms with van der Waals surface area (Å²) in [6, 6.07) is 0. The van der Waals surface area contributed by atoms with Gasteiger partial charge >= 0.3 is 30.4 Å². The minimum absolute atomic E-state index is 0.0694. The molecular formula is C12H16F11O2P. The number of rotatable bonds is 10. The molecule has 0 aromatic rings. The van der Waals surface area contributed by atoms with Gasteiger partial charge in [-0.2, -0.15) is 48.3 Å². The zero-order valence-electron chi connectivity index (χ0n) is 13.5. The zero-order valence-corrected chi connectivity index (χ0v) is 14.4. The van der Waals surface area contributed by atoms with E-state index in [-0.39, 0.29) is 13.8 Å². The molecule has 0 spiro atoms. The molecule has 0 aromatic heterocycles. The summed E-state index contributed by atoms with van der Waals surface area (Å²) in [5.41, 5.74) is 0. The lowest BCUT2D eigenvalue weighted by molar-refractivity contribution is -0.368. The second-order valence-corrected chi connectivity index (χ2v) is 9.35. The molecule has 0 saturated carbocycles. The fourth-order valence-electron chi connectivity index (χ4n) is 1.68. The van der Waals surface area contributed by atoms with E-state index >= 15 is 0 Å². The van der Waals surface area contributed by atoms with Crippen molar-refractivity contribution in [3.63, 3.8) is 0 Å². The molecule has 0 aliphatic carbocycles. The molecule has 0 rings (SSSR count). The summed E-state index contributed by atoms with van der Waals surface area (Å²) in [6.07, 6.45) is -22.3. The van der Waals surface area contributed by atoms with Crippen LogP contribution in [0.2, 0.25) is 0 Å². The highest BCUT2D eigenvalue weighted by Crippen LogP contribution is 2.62. The average Bonchev–Trinajstić information content (AvgIpc) is 2.26. The third-order valence-corrected chi connectivity index (χ3v) is 6.09. The van der Waals surface area contributed by atoms with Crippen LogP contribution in [-0.2, 0) is 9.47 Å². The molecular weight excluding hydrogens is 416 g/mol. The molecule has 0 aliphatic heterocycles. The van der Waals surface area contributed by atoms with E-state index in [0.29, 0.717) is 0 Å². The first kappa shape index (κ1) is 25.4. The van der Waals surface area contributed by atoms with Crippen LogP contribution in [0, 0.1) is 0 Å². The smallest absolute Gasteiger partial charge is 0.255 e. The third kappa shape index (κ3) is 9.96. The lowest BCUT2D eigenvalue weighted by Gasteiger charge is -2.31. The molecule has 2 nitrogen and oxygen atoms in total. The van der Waals surface area contributed by atoms with Crippen LogP contribution < -0.4 is 0 Å². The van der Waals surface area contributed by atoms with Gasteiger partial charge in [-0.3, -0.25) is 9.47 Å². The maximum atomic E-state index is 13.2. The van der Waals surface area contributed by atoms with Crippen LogP contribution in [0.15, 0.2) is 0 Å². The van der Waals surface area contributed by atoms with Gasteiger partial charge in [0, 0.05) is 26.7 Å². The molecule has 0 fully saturated rings. The van der Waals surface area contributed by atoms with Crippen molar-refractivity contribution < 1.29 is 57.8 Å². The van der Waals surface area contributed by atoms with Crippen molar-refractivity contribution in [2.45, 2.75) is 57.0 Å². The van der Waals surface area contributed by atoms with Gasteiger partial charge in [0.25, 0.3) is 0 Å². The standard InChI is InChI=1S/C12H16F11O2P/c1-8(13,14)24-10(17,18)4-6-26(3,12(21,22)23)7-5-11(19,20)25-9(2,15)16/h3-7H2,1-2H3. The van der Waals surface area contributed by atoms with Gasteiger partial charge in [0.15, 0.2) is 0 Å². The van der Waals surface area contributed by atoms with Crippen LogP contribution in [0.4, 0.5) is 48.3 Å². The Kier molecular flexibility index (Phi) is 7.66. The molecule has 0 radical (unpaired) electrons. The summed E-state index contributed by atoms with van der Waals surface area (Å²) >= 11 is 0. The monoisotopic (exact) mass is 432 g/mol. The Morgan fingerprint density at radius 1 is 0.654 bits per heavy atom. The van der Waals surface area contributed by atoms with E-state index in [1.807, 2.05) is 0 Å². The Balaban J connectivity index is 5.17. The molecule has 0 aromatic carbocycles. The normalized spacial score (nSPS) is 15.4. The molecule has 0 unspecified atom stereocenters. The topological polar surface area (TPSA) is 18.5 Å². The van der Waals surface area contributed by atoms with E-state index in [0.717, 1.165) is 0 Å². The predicted molar refractivity (Wildman–Crippen MR) is 72.4 cm³/mol. The van der Waals surface area contributed by atoms with Gasteiger partial charge in [0.1, 0.15) is 0 Å². The number of alkyl halides is 11. The highest BCUT2D eigenvalue weighted by molar-refractivity contribution is 7.74. The summed E-state index contributed by atoms with van der Waals surface area (Å²) in [6.45, 7) is -4.98. The first-order valence-corrected chi connectivity index (χ1v) is 9.12. The number of ether oxygens (including phenoxy) is 2.